The molecule has 0 spiro atoms. The van der Waals surface area contributed by atoms with Crippen molar-refractivity contribution in [1.82, 2.24) is 19.7 Å². The monoisotopic (exact) mass is 336 g/mol. The molecule has 0 fully saturated rings. The lowest BCUT2D eigenvalue weighted by molar-refractivity contribution is 0.0721. The van der Waals surface area contributed by atoms with Crippen molar-refractivity contribution in [2.45, 2.75) is 34.1 Å². The lowest BCUT2D eigenvalue weighted by Gasteiger charge is -2.09. The summed E-state index contributed by atoms with van der Waals surface area (Å²) in [5.74, 6) is 0.343. The predicted molar refractivity (Wildman–Crippen MR) is 94.1 cm³/mol. The molecule has 25 heavy (non-hydrogen) atoms. The lowest BCUT2D eigenvalue weighted by atomic mass is 10.2. The SMILES string of the molecule is CCc1c(C)nn(-c2nc(C)cc(C)n2)c1OC(=O)c1ccccc1. The molecule has 1 aromatic carbocycles. The zero-order valence-corrected chi connectivity index (χ0v) is 14.8. The van der Waals surface area contributed by atoms with Crippen molar-refractivity contribution in [2.75, 3.05) is 0 Å². The Labute approximate surface area is 146 Å². The van der Waals surface area contributed by atoms with E-state index in [0.717, 1.165) is 22.6 Å². The number of carbonyl (C=O) groups is 1. The number of benzene rings is 1. The van der Waals surface area contributed by atoms with E-state index in [2.05, 4.69) is 15.1 Å². The largest absolute Gasteiger partial charge is 0.403 e. The molecular weight excluding hydrogens is 316 g/mol. The highest BCUT2D eigenvalue weighted by atomic mass is 16.5. The van der Waals surface area contributed by atoms with Gasteiger partial charge >= 0.3 is 5.97 Å². The highest BCUT2D eigenvalue weighted by Crippen LogP contribution is 2.26. The highest BCUT2D eigenvalue weighted by Gasteiger charge is 2.22. The van der Waals surface area contributed by atoms with Crippen LogP contribution in [0.25, 0.3) is 5.95 Å². The number of esters is 1. The van der Waals surface area contributed by atoms with Crippen LogP contribution in [0.2, 0.25) is 0 Å². The fraction of sp³-hybridized carbons (Fsp3) is 0.263. The van der Waals surface area contributed by atoms with Crippen LogP contribution in [0.4, 0.5) is 0 Å². The van der Waals surface area contributed by atoms with Crippen LogP contribution in [0.5, 0.6) is 5.88 Å². The van der Waals surface area contributed by atoms with Crippen LogP contribution < -0.4 is 4.74 Å². The Morgan fingerprint density at radius 2 is 1.72 bits per heavy atom. The van der Waals surface area contributed by atoms with Gasteiger partial charge in [0, 0.05) is 17.0 Å². The number of aryl methyl sites for hydroxylation is 3. The van der Waals surface area contributed by atoms with E-state index in [1.807, 2.05) is 39.8 Å². The summed E-state index contributed by atoms with van der Waals surface area (Å²) in [7, 11) is 0. The van der Waals surface area contributed by atoms with E-state index in [4.69, 9.17) is 4.74 Å². The molecule has 0 N–H and O–H groups in total. The first-order valence-corrected chi connectivity index (χ1v) is 8.18. The van der Waals surface area contributed by atoms with Gasteiger partial charge < -0.3 is 4.74 Å². The smallest absolute Gasteiger partial charge is 0.344 e. The van der Waals surface area contributed by atoms with Crippen LogP contribution in [-0.4, -0.2) is 25.7 Å². The number of ether oxygens (including phenoxy) is 1. The average molecular weight is 336 g/mol. The molecule has 6 nitrogen and oxygen atoms in total. The molecule has 128 valence electrons. The Kier molecular flexibility index (Phi) is 4.61. The van der Waals surface area contributed by atoms with Crippen molar-refractivity contribution in [3.63, 3.8) is 0 Å². The molecule has 3 rings (SSSR count). The molecular formula is C19H20N4O2. The first kappa shape index (κ1) is 16.8. The van der Waals surface area contributed by atoms with Crippen LogP contribution in [0, 0.1) is 20.8 Å². The van der Waals surface area contributed by atoms with Gasteiger partial charge in [-0.15, -0.1) is 0 Å². The fourth-order valence-corrected chi connectivity index (χ4v) is 2.71. The van der Waals surface area contributed by atoms with Crippen LogP contribution in [-0.2, 0) is 6.42 Å². The van der Waals surface area contributed by atoms with Gasteiger partial charge in [0.2, 0.25) is 5.88 Å². The van der Waals surface area contributed by atoms with Gasteiger partial charge in [0.15, 0.2) is 0 Å². The number of hydrogen-bond donors (Lipinski definition) is 0. The maximum atomic E-state index is 12.5. The van der Waals surface area contributed by atoms with Crippen molar-refractivity contribution in [3.8, 4) is 11.8 Å². The summed E-state index contributed by atoms with van der Waals surface area (Å²) in [4.78, 5) is 21.4. The van der Waals surface area contributed by atoms with Crippen molar-refractivity contribution in [2.24, 2.45) is 0 Å². The molecule has 0 radical (unpaired) electrons. The van der Waals surface area contributed by atoms with Gasteiger partial charge in [-0.3, -0.25) is 0 Å². The lowest BCUT2D eigenvalue weighted by Crippen LogP contribution is -2.14. The summed E-state index contributed by atoms with van der Waals surface area (Å²) in [6, 6.07) is 10.8. The molecule has 0 aliphatic rings. The molecule has 2 aromatic heterocycles. The van der Waals surface area contributed by atoms with Crippen molar-refractivity contribution in [1.29, 1.82) is 0 Å². The van der Waals surface area contributed by atoms with Crippen LogP contribution in [0.3, 0.4) is 0 Å². The molecule has 0 aliphatic carbocycles. The van der Waals surface area contributed by atoms with Gasteiger partial charge in [-0.25, -0.2) is 14.8 Å². The zero-order chi connectivity index (χ0) is 18.0. The fourth-order valence-electron chi connectivity index (χ4n) is 2.71. The predicted octanol–water partition coefficient (Wildman–Crippen LogP) is 3.37. The Hall–Kier alpha value is -3.02. The van der Waals surface area contributed by atoms with Gasteiger partial charge in [0.05, 0.1) is 11.3 Å². The molecule has 0 bridgehead atoms. The molecule has 3 aromatic rings. The minimum Gasteiger partial charge on any atom is -0.403 e. The molecule has 6 heteroatoms. The van der Waals surface area contributed by atoms with Crippen LogP contribution in [0.1, 0.15) is 39.9 Å². The number of aromatic nitrogens is 4. The van der Waals surface area contributed by atoms with E-state index >= 15 is 0 Å². The quantitative estimate of drug-likeness (QED) is 0.683. The molecule has 0 amide bonds. The Morgan fingerprint density at radius 3 is 2.32 bits per heavy atom. The number of rotatable bonds is 4. The summed E-state index contributed by atoms with van der Waals surface area (Å²) < 4.78 is 7.20. The average Bonchev–Trinajstić information content (AvgIpc) is 2.90. The number of hydrogen-bond acceptors (Lipinski definition) is 5. The highest BCUT2D eigenvalue weighted by molar-refractivity contribution is 5.91. The van der Waals surface area contributed by atoms with E-state index in [1.54, 1.807) is 24.3 Å². The summed E-state index contributed by atoms with van der Waals surface area (Å²) in [5.41, 5.74) is 3.80. The second-order valence-electron chi connectivity index (χ2n) is 5.84. The van der Waals surface area contributed by atoms with Crippen LogP contribution in [0.15, 0.2) is 36.4 Å². The third kappa shape index (κ3) is 3.42. The topological polar surface area (TPSA) is 69.9 Å². The van der Waals surface area contributed by atoms with E-state index < -0.39 is 5.97 Å². The van der Waals surface area contributed by atoms with Gasteiger partial charge in [-0.1, -0.05) is 25.1 Å². The summed E-state index contributed by atoms with van der Waals surface area (Å²) in [5, 5.41) is 4.50. The Balaban J connectivity index is 2.07. The summed E-state index contributed by atoms with van der Waals surface area (Å²) in [6.45, 7) is 7.67. The Morgan fingerprint density at radius 1 is 1.08 bits per heavy atom. The third-order valence-corrected chi connectivity index (χ3v) is 3.85. The normalized spacial score (nSPS) is 10.7. The minimum atomic E-state index is -0.430. The maximum Gasteiger partial charge on any atom is 0.344 e. The van der Waals surface area contributed by atoms with Crippen molar-refractivity contribution < 1.29 is 9.53 Å². The number of carbonyl (C=O) groups excluding carboxylic acids is 1. The van der Waals surface area contributed by atoms with Gasteiger partial charge in [-0.05, 0) is 45.4 Å². The minimum absolute atomic E-state index is 0.374. The standard InChI is InChI=1S/C19H20N4O2/c1-5-16-14(4)22-23(19-20-12(2)11-13(3)21-19)17(16)25-18(24)15-9-7-6-8-10-15/h6-11H,5H2,1-4H3. The molecule has 0 unspecified atom stereocenters. The summed E-state index contributed by atoms with van der Waals surface area (Å²) in [6.07, 6.45) is 0.689. The van der Waals surface area contributed by atoms with E-state index in [-0.39, 0.29) is 0 Å². The van der Waals surface area contributed by atoms with E-state index in [1.165, 1.54) is 4.68 Å². The first-order chi connectivity index (χ1) is 12.0. The summed E-state index contributed by atoms with van der Waals surface area (Å²) >= 11 is 0. The number of nitrogens with zero attached hydrogens (tertiary/aromatic N) is 4. The Bertz CT molecular complexity index is 896. The maximum absolute atomic E-state index is 12.5. The first-order valence-electron chi connectivity index (χ1n) is 8.18. The second kappa shape index (κ2) is 6.84. The third-order valence-electron chi connectivity index (χ3n) is 3.85. The van der Waals surface area contributed by atoms with Crippen LogP contribution >= 0.6 is 0 Å². The molecule has 0 atom stereocenters. The van der Waals surface area contributed by atoms with Gasteiger partial charge in [0.25, 0.3) is 5.95 Å². The second-order valence-corrected chi connectivity index (χ2v) is 5.84. The zero-order valence-electron chi connectivity index (χ0n) is 14.8. The molecule has 0 saturated carbocycles. The van der Waals surface area contributed by atoms with E-state index in [9.17, 15) is 4.79 Å². The molecule has 0 aliphatic heterocycles. The van der Waals surface area contributed by atoms with Crippen molar-refractivity contribution in [3.05, 3.63) is 64.6 Å². The van der Waals surface area contributed by atoms with Crippen molar-refractivity contribution >= 4 is 5.97 Å². The van der Waals surface area contributed by atoms with E-state index in [0.29, 0.717) is 23.8 Å². The molecule has 0 saturated heterocycles. The van der Waals surface area contributed by atoms with Gasteiger partial charge in [-0.2, -0.15) is 9.78 Å². The molecule has 2 heterocycles. The van der Waals surface area contributed by atoms with Gasteiger partial charge in [0.1, 0.15) is 0 Å².